The largest absolute Gasteiger partial charge is 0.494 e. The lowest BCUT2D eigenvalue weighted by Gasteiger charge is -2.45. The number of hydrogen-bond donors (Lipinski definition) is 1. The number of ether oxygens (including phenoxy) is 2. The fourth-order valence-electron chi connectivity index (χ4n) is 2.53. The fraction of sp³-hybridized carbons (Fsp3) is 0.571. The number of hydrogen-bond acceptors (Lipinski definition) is 3. The first-order chi connectivity index (χ1) is 8.61. The van der Waals surface area contributed by atoms with Crippen molar-refractivity contribution in [1.82, 2.24) is 0 Å². The first-order valence-corrected chi connectivity index (χ1v) is 6.24. The number of benzene rings is 1. The zero-order valence-corrected chi connectivity index (χ0v) is 10.9. The van der Waals surface area contributed by atoms with Crippen molar-refractivity contribution in [2.45, 2.75) is 37.3 Å². The van der Waals surface area contributed by atoms with Crippen LogP contribution in [0.2, 0.25) is 0 Å². The summed E-state index contributed by atoms with van der Waals surface area (Å²) in [5.41, 5.74) is 6.87. The highest BCUT2D eigenvalue weighted by Gasteiger charge is 2.42. The molecule has 0 aromatic heterocycles. The van der Waals surface area contributed by atoms with Gasteiger partial charge in [-0.15, -0.1) is 0 Å². The molecule has 0 heterocycles. The van der Waals surface area contributed by atoms with Crippen molar-refractivity contribution in [1.29, 1.82) is 0 Å². The van der Waals surface area contributed by atoms with Crippen LogP contribution in [0, 0.1) is 5.82 Å². The Kier molecular flexibility index (Phi) is 3.88. The molecule has 1 aromatic carbocycles. The standard InChI is InChI=1S/C14H20FNO2/c1-17-12-5-4-10(8-11(12)15)9-13(16)14(18-2)6-3-7-14/h4-5,8,13H,3,6-7,9,16H2,1-2H3. The molecule has 100 valence electrons. The van der Waals surface area contributed by atoms with Gasteiger partial charge >= 0.3 is 0 Å². The maximum Gasteiger partial charge on any atom is 0.165 e. The third-order valence-corrected chi connectivity index (χ3v) is 3.95. The van der Waals surface area contributed by atoms with Crippen LogP contribution < -0.4 is 10.5 Å². The minimum atomic E-state index is -0.345. The van der Waals surface area contributed by atoms with E-state index < -0.39 is 0 Å². The summed E-state index contributed by atoms with van der Waals surface area (Å²) in [7, 11) is 3.16. The second-order valence-electron chi connectivity index (χ2n) is 4.90. The highest BCUT2D eigenvalue weighted by molar-refractivity contribution is 5.30. The lowest BCUT2D eigenvalue weighted by atomic mass is 9.73. The highest BCUT2D eigenvalue weighted by Crippen LogP contribution is 2.38. The summed E-state index contributed by atoms with van der Waals surface area (Å²) in [5.74, 6) is -0.0836. The Morgan fingerprint density at radius 3 is 2.56 bits per heavy atom. The number of rotatable bonds is 5. The van der Waals surface area contributed by atoms with Crippen LogP contribution in [0.5, 0.6) is 5.75 Å². The van der Waals surface area contributed by atoms with Gasteiger partial charge in [0.25, 0.3) is 0 Å². The van der Waals surface area contributed by atoms with Gasteiger partial charge in [0, 0.05) is 13.2 Å². The third-order valence-electron chi connectivity index (χ3n) is 3.95. The van der Waals surface area contributed by atoms with Crippen LogP contribution >= 0.6 is 0 Å². The first-order valence-electron chi connectivity index (χ1n) is 6.24. The van der Waals surface area contributed by atoms with Gasteiger partial charge in [-0.3, -0.25) is 0 Å². The molecule has 0 amide bonds. The average molecular weight is 253 g/mol. The Labute approximate surface area is 107 Å². The molecule has 4 heteroatoms. The Balaban J connectivity index is 2.07. The minimum Gasteiger partial charge on any atom is -0.494 e. The van der Waals surface area contributed by atoms with Gasteiger partial charge in [-0.25, -0.2) is 4.39 Å². The van der Waals surface area contributed by atoms with Crippen molar-refractivity contribution in [3.05, 3.63) is 29.6 Å². The molecule has 1 aromatic rings. The summed E-state index contributed by atoms with van der Waals surface area (Å²) in [6.45, 7) is 0. The van der Waals surface area contributed by atoms with Gasteiger partial charge in [-0.1, -0.05) is 6.07 Å². The summed E-state index contributed by atoms with van der Waals surface area (Å²) >= 11 is 0. The van der Waals surface area contributed by atoms with E-state index in [0.717, 1.165) is 24.8 Å². The van der Waals surface area contributed by atoms with E-state index in [1.54, 1.807) is 13.2 Å². The first kappa shape index (κ1) is 13.3. The third kappa shape index (κ3) is 2.35. The average Bonchev–Trinajstić information content (AvgIpc) is 2.28. The van der Waals surface area contributed by atoms with Gasteiger partial charge < -0.3 is 15.2 Å². The quantitative estimate of drug-likeness (QED) is 0.875. The van der Waals surface area contributed by atoms with Crippen molar-refractivity contribution < 1.29 is 13.9 Å². The summed E-state index contributed by atoms with van der Waals surface area (Å²) in [6, 6.07) is 4.88. The Bertz CT molecular complexity index is 413. The van der Waals surface area contributed by atoms with Crippen molar-refractivity contribution in [3.63, 3.8) is 0 Å². The fourth-order valence-corrected chi connectivity index (χ4v) is 2.53. The maximum atomic E-state index is 13.6. The van der Waals surface area contributed by atoms with Crippen molar-refractivity contribution in [3.8, 4) is 5.75 Å². The highest BCUT2D eigenvalue weighted by atomic mass is 19.1. The predicted octanol–water partition coefficient (Wildman–Crippen LogP) is 2.27. The van der Waals surface area contributed by atoms with E-state index in [2.05, 4.69) is 0 Å². The monoisotopic (exact) mass is 253 g/mol. The van der Waals surface area contributed by atoms with Gasteiger partial charge in [0.05, 0.1) is 12.7 Å². The van der Waals surface area contributed by atoms with Crippen LogP contribution in [-0.2, 0) is 11.2 Å². The zero-order valence-electron chi connectivity index (χ0n) is 10.9. The molecule has 1 unspecified atom stereocenters. The second-order valence-corrected chi connectivity index (χ2v) is 4.90. The maximum absolute atomic E-state index is 13.6. The summed E-state index contributed by atoms with van der Waals surface area (Å²) < 4.78 is 24.0. The Morgan fingerprint density at radius 2 is 2.11 bits per heavy atom. The molecular weight excluding hydrogens is 233 g/mol. The molecule has 0 spiro atoms. The molecule has 1 atom stereocenters. The molecule has 0 aliphatic heterocycles. The zero-order chi connectivity index (χ0) is 13.2. The number of halogens is 1. The van der Waals surface area contributed by atoms with E-state index in [1.165, 1.54) is 13.2 Å². The molecule has 1 aliphatic carbocycles. The van der Waals surface area contributed by atoms with Crippen LogP contribution in [0.25, 0.3) is 0 Å². The molecule has 1 saturated carbocycles. The molecule has 0 saturated heterocycles. The van der Waals surface area contributed by atoms with E-state index in [4.69, 9.17) is 15.2 Å². The van der Waals surface area contributed by atoms with Crippen LogP contribution in [-0.4, -0.2) is 25.9 Å². The molecule has 0 radical (unpaired) electrons. The van der Waals surface area contributed by atoms with E-state index in [9.17, 15) is 4.39 Å². The second kappa shape index (κ2) is 5.24. The molecule has 1 aliphatic rings. The molecule has 18 heavy (non-hydrogen) atoms. The lowest BCUT2D eigenvalue weighted by Crippen LogP contribution is -2.55. The molecule has 2 rings (SSSR count). The van der Waals surface area contributed by atoms with Crippen LogP contribution in [0.15, 0.2) is 18.2 Å². The van der Waals surface area contributed by atoms with Gasteiger partial charge in [0.2, 0.25) is 0 Å². The lowest BCUT2D eigenvalue weighted by molar-refractivity contribution is -0.0897. The van der Waals surface area contributed by atoms with E-state index in [-0.39, 0.29) is 23.2 Å². The van der Waals surface area contributed by atoms with Crippen molar-refractivity contribution in [2.24, 2.45) is 5.73 Å². The topological polar surface area (TPSA) is 44.5 Å². The molecule has 3 nitrogen and oxygen atoms in total. The summed E-state index contributed by atoms with van der Waals surface area (Å²) in [6.07, 6.45) is 3.75. The van der Waals surface area contributed by atoms with Crippen molar-refractivity contribution in [2.75, 3.05) is 14.2 Å². The molecule has 2 N–H and O–H groups in total. The SMILES string of the molecule is COc1ccc(CC(N)C2(OC)CCC2)cc1F. The minimum absolute atomic E-state index is 0.0935. The normalized spacial score (nSPS) is 19.1. The van der Waals surface area contributed by atoms with E-state index >= 15 is 0 Å². The van der Waals surface area contributed by atoms with Gasteiger partial charge in [-0.2, -0.15) is 0 Å². The van der Waals surface area contributed by atoms with E-state index in [1.807, 2.05) is 6.07 Å². The summed E-state index contributed by atoms with van der Waals surface area (Å²) in [5, 5.41) is 0. The Hall–Kier alpha value is -1.13. The number of methoxy groups -OCH3 is 2. The predicted molar refractivity (Wildman–Crippen MR) is 68.2 cm³/mol. The van der Waals surface area contributed by atoms with Crippen LogP contribution in [0.1, 0.15) is 24.8 Å². The van der Waals surface area contributed by atoms with Gasteiger partial charge in [-0.05, 0) is 43.4 Å². The van der Waals surface area contributed by atoms with E-state index in [0.29, 0.717) is 6.42 Å². The molecule has 1 fully saturated rings. The van der Waals surface area contributed by atoms with Gasteiger partial charge in [0.15, 0.2) is 11.6 Å². The van der Waals surface area contributed by atoms with Crippen molar-refractivity contribution >= 4 is 0 Å². The Morgan fingerprint density at radius 1 is 1.39 bits per heavy atom. The van der Waals surface area contributed by atoms with Gasteiger partial charge in [0.1, 0.15) is 0 Å². The van der Waals surface area contributed by atoms with Crippen LogP contribution in [0.3, 0.4) is 0 Å². The number of nitrogens with two attached hydrogens (primary N) is 1. The van der Waals surface area contributed by atoms with Crippen LogP contribution in [0.4, 0.5) is 4.39 Å². The smallest absolute Gasteiger partial charge is 0.165 e. The summed E-state index contributed by atoms with van der Waals surface area (Å²) in [4.78, 5) is 0. The molecular formula is C14H20FNO2. The molecule has 0 bridgehead atoms.